The summed E-state index contributed by atoms with van der Waals surface area (Å²) in [7, 11) is 0. The van der Waals surface area contributed by atoms with Gasteiger partial charge in [-0.3, -0.25) is 10.2 Å². The van der Waals surface area contributed by atoms with Crippen LogP contribution in [0.5, 0.6) is 34.5 Å². The zero-order valence-corrected chi connectivity index (χ0v) is 35.2. The first-order valence-electron chi connectivity index (χ1n) is 21.8. The highest BCUT2D eigenvalue weighted by Gasteiger charge is 2.21. The Kier molecular flexibility index (Phi) is 20.1. The molecule has 0 saturated heterocycles. The quantitative estimate of drug-likeness (QED) is 0.0177. The normalized spacial score (nSPS) is 11.3. The maximum Gasteiger partial charge on any atom is 0.234 e. The largest absolute Gasteiger partial charge is 0.490 e. The lowest BCUT2D eigenvalue weighted by molar-refractivity contribution is -0.121. The van der Waals surface area contributed by atoms with Crippen molar-refractivity contribution < 1.29 is 33.2 Å². The molecule has 0 aromatic heterocycles. The first kappa shape index (κ1) is 44.6. The average molecular weight is 775 g/mol. The highest BCUT2D eigenvalue weighted by Crippen LogP contribution is 2.47. The van der Waals surface area contributed by atoms with Crippen LogP contribution < -0.4 is 39.7 Å². The summed E-state index contributed by atoms with van der Waals surface area (Å²) >= 11 is 0. The molecule has 4 aromatic carbocycles. The fourth-order valence-corrected chi connectivity index (χ4v) is 6.85. The molecule has 310 valence electrons. The molecule has 0 spiro atoms. The van der Waals surface area contributed by atoms with Crippen LogP contribution in [0.15, 0.2) is 36.4 Å². The van der Waals surface area contributed by atoms with Crippen molar-refractivity contribution in [2.45, 2.75) is 144 Å². The molecule has 0 aliphatic heterocycles. The molecule has 3 N–H and O–H groups in total. The number of nitrogens with two attached hydrogens (primary N) is 1. The molecule has 0 aliphatic carbocycles. The second kappa shape index (κ2) is 25.2. The summed E-state index contributed by atoms with van der Waals surface area (Å²) in [5.41, 5.74) is 2.21. The van der Waals surface area contributed by atoms with Gasteiger partial charge >= 0.3 is 0 Å². The number of hydrogen-bond acceptors (Lipinski definition) is 8. The van der Waals surface area contributed by atoms with Crippen LogP contribution in [0.1, 0.15) is 144 Å². The Morgan fingerprint density at radius 1 is 0.393 bits per heavy atom. The van der Waals surface area contributed by atoms with Gasteiger partial charge in [0.1, 0.15) is 0 Å². The fourth-order valence-electron chi connectivity index (χ4n) is 6.85. The van der Waals surface area contributed by atoms with E-state index in [4.69, 9.17) is 34.3 Å². The average Bonchev–Trinajstić information content (AvgIpc) is 3.21. The van der Waals surface area contributed by atoms with Crippen molar-refractivity contribution in [2.24, 2.45) is 5.84 Å². The molecule has 9 nitrogen and oxygen atoms in total. The van der Waals surface area contributed by atoms with E-state index < -0.39 is 0 Å². The second-order valence-corrected chi connectivity index (χ2v) is 14.8. The van der Waals surface area contributed by atoms with Gasteiger partial charge in [-0.15, -0.1) is 0 Å². The first-order valence-corrected chi connectivity index (χ1v) is 21.8. The summed E-state index contributed by atoms with van der Waals surface area (Å²) in [6.07, 6.45) is 16.7. The van der Waals surface area contributed by atoms with E-state index in [0.717, 1.165) is 152 Å². The van der Waals surface area contributed by atoms with E-state index in [2.05, 4.69) is 76.4 Å². The summed E-state index contributed by atoms with van der Waals surface area (Å²) in [5, 5.41) is 6.18. The molecule has 4 rings (SSSR count). The molecule has 0 radical (unpaired) electrons. The third kappa shape index (κ3) is 13.2. The third-order valence-corrected chi connectivity index (χ3v) is 10.1. The van der Waals surface area contributed by atoms with Gasteiger partial charge in [0.2, 0.25) is 5.91 Å². The molecule has 4 aromatic rings. The Balaban J connectivity index is 1.99. The topological polar surface area (TPSA) is 110 Å². The van der Waals surface area contributed by atoms with Crippen LogP contribution in [0.3, 0.4) is 0 Å². The number of rotatable bonds is 30. The van der Waals surface area contributed by atoms with Crippen molar-refractivity contribution in [3.63, 3.8) is 0 Å². The Morgan fingerprint density at radius 3 is 0.804 bits per heavy atom. The fraction of sp³-hybridized carbons (Fsp3) is 0.596. The van der Waals surface area contributed by atoms with E-state index >= 15 is 0 Å². The number of amides is 1. The molecule has 0 aliphatic rings. The molecular weight excluding hydrogens is 705 g/mol. The minimum Gasteiger partial charge on any atom is -0.490 e. The van der Waals surface area contributed by atoms with Gasteiger partial charge in [-0.1, -0.05) is 98.8 Å². The van der Waals surface area contributed by atoms with Crippen molar-refractivity contribution in [3.05, 3.63) is 36.4 Å². The van der Waals surface area contributed by atoms with Crippen LogP contribution in [0.4, 0.5) is 0 Å². The zero-order valence-electron chi connectivity index (χ0n) is 35.2. The number of ether oxygens (including phenoxy) is 6. The van der Waals surface area contributed by atoms with Crippen molar-refractivity contribution >= 4 is 38.2 Å². The predicted octanol–water partition coefficient (Wildman–Crippen LogP) is 12.1. The predicted molar refractivity (Wildman–Crippen MR) is 231 cm³/mol. The number of hydrazine groups is 1. The number of carbonyl (C=O) groups excluding carboxylic acids is 1. The highest BCUT2D eigenvalue weighted by molar-refractivity contribution is 6.26. The molecular formula is C47H70N2O7. The van der Waals surface area contributed by atoms with Crippen molar-refractivity contribution in [2.75, 3.05) is 39.6 Å². The van der Waals surface area contributed by atoms with Gasteiger partial charge in [0.15, 0.2) is 34.5 Å². The van der Waals surface area contributed by atoms with Gasteiger partial charge in [0, 0.05) is 6.42 Å². The molecule has 0 bridgehead atoms. The van der Waals surface area contributed by atoms with Gasteiger partial charge in [-0.25, -0.2) is 5.84 Å². The van der Waals surface area contributed by atoms with E-state index in [9.17, 15) is 4.79 Å². The molecule has 0 unspecified atom stereocenters. The Bertz CT molecular complexity index is 1730. The van der Waals surface area contributed by atoms with E-state index in [0.29, 0.717) is 57.6 Å². The summed E-state index contributed by atoms with van der Waals surface area (Å²) in [6, 6.07) is 12.8. The van der Waals surface area contributed by atoms with Crippen molar-refractivity contribution in [1.29, 1.82) is 0 Å². The summed E-state index contributed by atoms with van der Waals surface area (Å²) < 4.78 is 39.0. The third-order valence-electron chi connectivity index (χ3n) is 10.1. The van der Waals surface area contributed by atoms with Crippen LogP contribution in [-0.2, 0) is 4.79 Å². The number of hydrogen-bond donors (Lipinski definition) is 2. The van der Waals surface area contributed by atoms with E-state index in [1.807, 2.05) is 0 Å². The van der Waals surface area contributed by atoms with Gasteiger partial charge in [-0.05, 0) is 107 Å². The molecule has 1 amide bonds. The van der Waals surface area contributed by atoms with Crippen LogP contribution in [0.2, 0.25) is 0 Å². The van der Waals surface area contributed by atoms with Crippen LogP contribution in [-0.4, -0.2) is 45.5 Å². The van der Waals surface area contributed by atoms with Crippen LogP contribution >= 0.6 is 0 Å². The van der Waals surface area contributed by atoms with Gasteiger partial charge in [0.05, 0.1) is 39.6 Å². The summed E-state index contributed by atoms with van der Waals surface area (Å²) in [6.45, 7) is 14.4. The van der Waals surface area contributed by atoms with Crippen molar-refractivity contribution in [3.8, 4) is 34.5 Å². The van der Waals surface area contributed by atoms with Crippen LogP contribution in [0, 0.1) is 0 Å². The molecule has 0 fully saturated rings. The molecule has 0 saturated carbocycles. The zero-order chi connectivity index (χ0) is 40.0. The number of nitrogens with one attached hydrogen (secondary N) is 1. The minimum atomic E-state index is -0.221. The van der Waals surface area contributed by atoms with Gasteiger partial charge in [-0.2, -0.15) is 0 Å². The number of benzene rings is 4. The minimum absolute atomic E-state index is 0.221. The monoisotopic (exact) mass is 775 g/mol. The maximum absolute atomic E-state index is 11.9. The van der Waals surface area contributed by atoms with Gasteiger partial charge < -0.3 is 28.4 Å². The van der Waals surface area contributed by atoms with Gasteiger partial charge in [0.25, 0.3) is 0 Å². The highest BCUT2D eigenvalue weighted by atomic mass is 16.5. The lowest BCUT2D eigenvalue weighted by Crippen LogP contribution is -2.29. The molecule has 0 heterocycles. The summed E-state index contributed by atoms with van der Waals surface area (Å²) in [5.74, 6) is 9.44. The maximum atomic E-state index is 11.9. The first-order chi connectivity index (χ1) is 27.5. The Morgan fingerprint density at radius 2 is 0.607 bits per heavy atom. The number of fused-ring (bicyclic) bond motifs is 6. The lowest BCUT2D eigenvalue weighted by Gasteiger charge is -2.20. The number of carbonyl (C=O) groups is 1. The van der Waals surface area contributed by atoms with Crippen molar-refractivity contribution in [1.82, 2.24) is 5.43 Å². The second-order valence-electron chi connectivity index (χ2n) is 14.8. The Hall–Kier alpha value is -4.11. The standard InChI is InChI=1S/C47H70N2O7/c1-6-11-16-23-51-41-29-35-36-30-42(52-24-17-12-7-2)44(54-26-19-14-9-4)32-38(36)40-34-46(56-28-21-22-47(50)49-48)45(55-27-20-15-10-5)33-39(40)37(35)31-43(41)53-25-18-13-8-3/h29-34H,6-28,48H2,1-5H3,(H,49,50). The lowest BCUT2D eigenvalue weighted by atomic mass is 9.93. The van der Waals surface area contributed by atoms with Crippen LogP contribution in [0.25, 0.3) is 32.3 Å². The molecule has 56 heavy (non-hydrogen) atoms. The molecule has 0 atom stereocenters. The molecule has 9 heteroatoms. The smallest absolute Gasteiger partial charge is 0.234 e. The summed E-state index contributed by atoms with van der Waals surface area (Å²) in [4.78, 5) is 11.9. The Labute approximate surface area is 336 Å². The number of unbranched alkanes of at least 4 members (excludes halogenated alkanes) is 10. The van der Waals surface area contributed by atoms with E-state index in [1.54, 1.807) is 0 Å². The SMILES string of the molecule is CCCCCOc1cc2c3cc(OCCCCC)c(OCCCCC)cc3c3cc(OCCCC(=O)NN)c(OCCCCC)cc3c2cc1OCCCCC. The van der Waals surface area contributed by atoms with E-state index in [1.165, 1.54) is 0 Å². The van der Waals surface area contributed by atoms with E-state index in [-0.39, 0.29) is 12.3 Å².